The number of phenols is 1. The highest BCUT2D eigenvalue weighted by Crippen LogP contribution is 2.23. The van der Waals surface area contributed by atoms with E-state index >= 15 is 0 Å². The smallest absolute Gasteiger partial charge is 0.329 e. The molecule has 7 heteroatoms. The fraction of sp³-hybridized carbons (Fsp3) is 0.167. The van der Waals surface area contributed by atoms with E-state index in [0.29, 0.717) is 23.4 Å². The van der Waals surface area contributed by atoms with E-state index < -0.39 is 11.8 Å². The Morgan fingerprint density at radius 2 is 1.80 bits per heavy atom. The quantitative estimate of drug-likeness (QED) is 0.415. The summed E-state index contributed by atoms with van der Waals surface area (Å²) in [5, 5.41) is 16.4. The van der Waals surface area contributed by atoms with Crippen LogP contribution in [0.25, 0.3) is 0 Å². The Bertz CT molecular complexity index is 817. The van der Waals surface area contributed by atoms with E-state index in [1.54, 1.807) is 24.3 Å². The van der Waals surface area contributed by atoms with E-state index in [9.17, 15) is 14.7 Å². The second-order valence-electron chi connectivity index (χ2n) is 5.33. The number of phenolic OH excluding ortho intramolecular Hbond substituents is 1. The predicted octanol–water partition coefficient (Wildman–Crippen LogP) is 3.33. The van der Waals surface area contributed by atoms with E-state index in [1.807, 2.05) is 26.0 Å². The molecule has 2 aromatic carbocycles. The van der Waals surface area contributed by atoms with Crippen LogP contribution in [0.15, 0.2) is 52.0 Å². The van der Waals surface area contributed by atoms with Crippen LogP contribution in [0.4, 0.5) is 5.69 Å². The Labute approximate surface area is 154 Å². The van der Waals surface area contributed by atoms with Crippen molar-refractivity contribution < 1.29 is 14.7 Å². The van der Waals surface area contributed by atoms with Crippen molar-refractivity contribution in [1.29, 1.82) is 0 Å². The lowest BCUT2D eigenvalue weighted by Crippen LogP contribution is -2.33. The summed E-state index contributed by atoms with van der Waals surface area (Å²) in [4.78, 5) is 23.8. The van der Waals surface area contributed by atoms with E-state index in [2.05, 4.69) is 31.8 Å². The summed E-state index contributed by atoms with van der Waals surface area (Å²) < 4.78 is 0.768. The number of hydrazone groups is 1. The summed E-state index contributed by atoms with van der Waals surface area (Å²) in [6.07, 6.45) is 0.462. The van der Waals surface area contributed by atoms with Crippen molar-refractivity contribution in [1.82, 2.24) is 5.43 Å². The minimum Gasteiger partial charge on any atom is -0.507 e. The van der Waals surface area contributed by atoms with E-state index in [1.165, 1.54) is 6.07 Å². The molecule has 0 aromatic heterocycles. The zero-order chi connectivity index (χ0) is 18.4. The molecule has 25 heavy (non-hydrogen) atoms. The third-order valence-electron chi connectivity index (χ3n) is 3.41. The summed E-state index contributed by atoms with van der Waals surface area (Å²) in [5.41, 5.74) is 4.73. The molecular weight excluding hydrogens is 386 g/mol. The lowest BCUT2D eigenvalue weighted by molar-refractivity contribution is -0.136. The molecule has 0 fully saturated rings. The van der Waals surface area contributed by atoms with E-state index in [-0.39, 0.29) is 5.75 Å². The first kappa shape index (κ1) is 18.7. The van der Waals surface area contributed by atoms with E-state index in [0.717, 1.165) is 10.0 Å². The largest absolute Gasteiger partial charge is 0.507 e. The molecule has 0 atom stereocenters. The fourth-order valence-corrected chi connectivity index (χ4v) is 2.42. The summed E-state index contributed by atoms with van der Waals surface area (Å²) in [5.74, 6) is -1.66. The Hall–Kier alpha value is -2.67. The maximum absolute atomic E-state index is 11.9. The maximum Gasteiger partial charge on any atom is 0.329 e. The average molecular weight is 404 g/mol. The number of halogens is 1. The molecule has 0 saturated heterocycles. The van der Waals surface area contributed by atoms with Gasteiger partial charge in [0, 0.05) is 15.7 Å². The van der Waals surface area contributed by atoms with Gasteiger partial charge in [0.1, 0.15) is 5.75 Å². The highest BCUT2D eigenvalue weighted by Gasteiger charge is 2.14. The number of rotatable bonds is 4. The zero-order valence-electron chi connectivity index (χ0n) is 13.8. The number of carbonyl (C=O) groups excluding carboxylic acids is 2. The van der Waals surface area contributed by atoms with Gasteiger partial charge in [-0.25, -0.2) is 5.43 Å². The number of aryl methyl sites for hydroxylation is 1. The third-order valence-corrected chi connectivity index (χ3v) is 3.91. The van der Waals surface area contributed by atoms with E-state index in [4.69, 9.17) is 0 Å². The number of nitrogens with one attached hydrogen (secondary N) is 2. The van der Waals surface area contributed by atoms with Crippen molar-refractivity contribution >= 4 is 39.1 Å². The van der Waals surface area contributed by atoms with Crippen LogP contribution in [0.1, 0.15) is 24.5 Å². The van der Waals surface area contributed by atoms with Crippen LogP contribution in [0.5, 0.6) is 5.75 Å². The third kappa shape index (κ3) is 5.15. The summed E-state index contributed by atoms with van der Waals surface area (Å²) in [7, 11) is 0. The number of hydrogen-bond donors (Lipinski definition) is 3. The van der Waals surface area contributed by atoms with Crippen LogP contribution in [0, 0.1) is 6.92 Å². The summed E-state index contributed by atoms with van der Waals surface area (Å²) >= 11 is 3.32. The van der Waals surface area contributed by atoms with Crippen LogP contribution in [0.3, 0.4) is 0 Å². The standard InChI is InChI=1S/C18H18BrN3O3/c1-3-15(14-10-12(19)6-9-16(14)23)21-22-18(25)17(24)20-13-7-4-11(2)5-8-13/h4-10,23H,3H2,1-2H3,(H,20,24)(H,22,25)/b21-15+. The molecule has 0 bridgehead atoms. The first-order valence-corrected chi connectivity index (χ1v) is 8.43. The zero-order valence-corrected chi connectivity index (χ0v) is 15.4. The molecule has 0 aliphatic rings. The van der Waals surface area contributed by atoms with Gasteiger partial charge in [0.15, 0.2) is 0 Å². The number of anilines is 1. The SMILES string of the molecule is CC/C(=N\NC(=O)C(=O)Nc1ccc(C)cc1)c1cc(Br)ccc1O. The average Bonchev–Trinajstić information content (AvgIpc) is 2.60. The van der Waals surface area contributed by atoms with Crippen molar-refractivity contribution in [2.75, 3.05) is 5.32 Å². The number of amides is 2. The van der Waals surface area contributed by atoms with Gasteiger partial charge in [0.25, 0.3) is 0 Å². The van der Waals surface area contributed by atoms with Crippen LogP contribution < -0.4 is 10.7 Å². The van der Waals surface area contributed by atoms with Crippen molar-refractivity contribution in [3.8, 4) is 5.75 Å². The number of benzene rings is 2. The highest BCUT2D eigenvalue weighted by molar-refractivity contribution is 9.10. The molecule has 3 N–H and O–H groups in total. The molecule has 2 rings (SSSR count). The van der Waals surface area contributed by atoms with Gasteiger partial charge in [-0.15, -0.1) is 0 Å². The van der Waals surface area contributed by atoms with Gasteiger partial charge in [-0.05, 0) is 43.7 Å². The van der Waals surface area contributed by atoms with Crippen molar-refractivity contribution in [3.63, 3.8) is 0 Å². The molecule has 0 radical (unpaired) electrons. The maximum atomic E-state index is 11.9. The highest BCUT2D eigenvalue weighted by atomic mass is 79.9. The molecule has 0 heterocycles. The van der Waals surface area contributed by atoms with Gasteiger partial charge in [0.05, 0.1) is 5.71 Å². The number of carbonyl (C=O) groups is 2. The normalized spacial score (nSPS) is 11.1. The molecular formula is C18H18BrN3O3. The number of aromatic hydroxyl groups is 1. The van der Waals surface area contributed by atoms with Crippen molar-refractivity contribution in [3.05, 3.63) is 58.1 Å². The van der Waals surface area contributed by atoms with Gasteiger partial charge in [-0.1, -0.05) is 40.5 Å². The monoisotopic (exact) mass is 403 g/mol. The lowest BCUT2D eigenvalue weighted by atomic mass is 10.1. The van der Waals surface area contributed by atoms with Crippen LogP contribution in [0.2, 0.25) is 0 Å². The molecule has 0 unspecified atom stereocenters. The fourth-order valence-electron chi connectivity index (χ4n) is 2.06. The Balaban J connectivity index is 2.07. The Morgan fingerprint density at radius 3 is 2.44 bits per heavy atom. The van der Waals surface area contributed by atoms with Gasteiger partial charge >= 0.3 is 11.8 Å². The minimum atomic E-state index is -0.888. The van der Waals surface area contributed by atoms with Gasteiger partial charge < -0.3 is 10.4 Å². The molecule has 0 aliphatic carbocycles. The van der Waals surface area contributed by atoms with Crippen molar-refractivity contribution in [2.24, 2.45) is 5.10 Å². The second-order valence-corrected chi connectivity index (χ2v) is 6.25. The van der Waals surface area contributed by atoms with Gasteiger partial charge in [-0.2, -0.15) is 5.10 Å². The van der Waals surface area contributed by atoms with Crippen LogP contribution in [-0.2, 0) is 9.59 Å². The predicted molar refractivity (Wildman–Crippen MR) is 101 cm³/mol. The Morgan fingerprint density at radius 1 is 1.12 bits per heavy atom. The molecule has 0 spiro atoms. The summed E-state index contributed by atoms with van der Waals surface area (Å²) in [6.45, 7) is 3.76. The molecule has 0 saturated carbocycles. The molecule has 0 aliphatic heterocycles. The van der Waals surface area contributed by atoms with Gasteiger partial charge in [-0.3, -0.25) is 9.59 Å². The lowest BCUT2D eigenvalue weighted by Gasteiger charge is -2.08. The number of hydrogen-bond acceptors (Lipinski definition) is 4. The summed E-state index contributed by atoms with van der Waals surface area (Å²) in [6, 6.07) is 12.0. The van der Waals surface area contributed by atoms with Crippen LogP contribution >= 0.6 is 15.9 Å². The van der Waals surface area contributed by atoms with Crippen LogP contribution in [-0.4, -0.2) is 22.6 Å². The first-order chi connectivity index (χ1) is 11.9. The Kier molecular flexibility index (Phi) is 6.30. The topological polar surface area (TPSA) is 90.8 Å². The molecule has 2 amide bonds. The molecule has 2 aromatic rings. The minimum absolute atomic E-state index is 0.0437. The molecule has 6 nitrogen and oxygen atoms in total. The number of nitrogens with zero attached hydrogens (tertiary/aromatic N) is 1. The van der Waals surface area contributed by atoms with Gasteiger partial charge in [0.2, 0.25) is 0 Å². The molecule has 130 valence electrons. The second kappa shape index (κ2) is 8.43. The first-order valence-electron chi connectivity index (χ1n) is 7.64. The van der Waals surface area contributed by atoms with Crippen molar-refractivity contribution in [2.45, 2.75) is 20.3 Å².